The van der Waals surface area contributed by atoms with Crippen LogP contribution < -0.4 is 0 Å². The van der Waals surface area contributed by atoms with Crippen molar-refractivity contribution >= 4 is 18.3 Å². The molecule has 0 bridgehead atoms. The van der Waals surface area contributed by atoms with E-state index in [1.807, 2.05) is 0 Å². The molecule has 0 aromatic rings. The fraction of sp³-hybridized carbons (Fsp3) is 1.00. The maximum absolute atomic E-state index is 7.23. The molecule has 0 amide bonds. The van der Waals surface area contributed by atoms with Gasteiger partial charge in [0.2, 0.25) is 0 Å². The van der Waals surface area contributed by atoms with Crippen LogP contribution in [-0.4, -0.2) is 53.3 Å². The zero-order valence-electron chi connectivity index (χ0n) is 11.3. The van der Waals surface area contributed by atoms with Gasteiger partial charge in [-0.3, -0.25) is 0 Å². The van der Waals surface area contributed by atoms with Crippen molar-refractivity contribution in [3.8, 4) is 0 Å². The molecule has 0 saturated carbocycles. The first kappa shape index (κ1) is 14.0. The summed E-state index contributed by atoms with van der Waals surface area (Å²) in [6.07, 6.45) is 5.32. The van der Waals surface area contributed by atoms with Crippen LogP contribution in [-0.2, 0) is 0 Å². The van der Waals surface area contributed by atoms with Crippen LogP contribution in [0.5, 0.6) is 0 Å². The fourth-order valence-electron chi connectivity index (χ4n) is 3.23. The van der Waals surface area contributed by atoms with Gasteiger partial charge in [0.1, 0.15) is 0 Å². The second-order valence-electron chi connectivity index (χ2n) is 5.11. The number of nitrogens with zero attached hydrogens (tertiary/aromatic N) is 3. The first-order chi connectivity index (χ1) is 8.23. The van der Waals surface area contributed by atoms with Crippen LogP contribution in [0.2, 0.25) is 0 Å². The molecule has 5 heteroatoms. The Labute approximate surface area is 111 Å². The van der Waals surface area contributed by atoms with Gasteiger partial charge in [-0.1, -0.05) is 0 Å². The molecule has 0 N–H and O–H groups in total. The van der Waals surface area contributed by atoms with E-state index in [4.69, 9.17) is 11.2 Å². The molecule has 0 aliphatic carbocycles. The summed E-state index contributed by atoms with van der Waals surface area (Å²) in [5.74, 6) is 0. The van der Waals surface area contributed by atoms with Gasteiger partial charge in [0.25, 0.3) is 0 Å². The molecule has 2 saturated heterocycles. The predicted octanol–water partition coefficient (Wildman–Crippen LogP) is 3.17. The van der Waals surface area contributed by atoms with Crippen molar-refractivity contribution in [3.05, 3.63) is 0 Å². The normalized spacial score (nSPS) is 24.9. The van der Waals surface area contributed by atoms with E-state index in [9.17, 15) is 0 Å². The quantitative estimate of drug-likeness (QED) is 0.716. The van der Waals surface area contributed by atoms with Crippen LogP contribution in [0, 0.1) is 0 Å². The summed E-state index contributed by atoms with van der Waals surface area (Å²) in [6, 6.07) is 0. The number of halogens is 1. The molecule has 0 aromatic heterocycles. The third-order valence-electron chi connectivity index (χ3n) is 4.18. The van der Waals surface area contributed by atoms with Gasteiger partial charge in [0.05, 0.1) is 0 Å². The van der Waals surface area contributed by atoms with Gasteiger partial charge in [-0.25, -0.2) is 0 Å². The molecule has 0 aromatic carbocycles. The average Bonchev–Trinajstić information content (AvgIpc) is 3.04. The molecule has 2 aliphatic rings. The van der Waals surface area contributed by atoms with Crippen molar-refractivity contribution in [2.24, 2.45) is 0 Å². The molecule has 102 valence electrons. The third kappa shape index (κ3) is 2.64. The molecule has 2 aliphatic heterocycles. The summed E-state index contributed by atoms with van der Waals surface area (Å²) in [5, 5.41) is 0. The molecule has 2 rings (SSSR count). The van der Waals surface area contributed by atoms with Crippen LogP contribution in [0.4, 0.5) is 0 Å². The topological polar surface area (TPSA) is 9.72 Å². The van der Waals surface area contributed by atoms with Crippen molar-refractivity contribution in [1.82, 2.24) is 14.0 Å². The molecule has 2 fully saturated rings. The first-order valence-electron chi connectivity index (χ1n) is 7.17. The van der Waals surface area contributed by atoms with E-state index in [0.29, 0.717) is 0 Å². The molecule has 0 unspecified atom stereocenters. The maximum atomic E-state index is 7.23. The van der Waals surface area contributed by atoms with Gasteiger partial charge >= 0.3 is 111 Å². The summed E-state index contributed by atoms with van der Waals surface area (Å²) >= 11 is 7.23. The van der Waals surface area contributed by atoms with E-state index in [1.54, 1.807) is 0 Å². The fourth-order valence-corrected chi connectivity index (χ4v) is 8.74. The monoisotopic (exact) mass is 279 g/mol. The van der Waals surface area contributed by atoms with E-state index in [2.05, 4.69) is 27.9 Å². The Bertz CT molecular complexity index is 214. The minimum atomic E-state index is -2.04. The summed E-state index contributed by atoms with van der Waals surface area (Å²) in [5.41, 5.74) is 0. The van der Waals surface area contributed by atoms with E-state index in [-0.39, 0.29) is 0 Å². The molecule has 17 heavy (non-hydrogen) atoms. The molecule has 3 nitrogen and oxygen atoms in total. The van der Waals surface area contributed by atoms with Crippen molar-refractivity contribution in [2.75, 3.05) is 39.3 Å². The number of hydrogen-bond donors (Lipinski definition) is 0. The van der Waals surface area contributed by atoms with E-state index < -0.39 is 7.07 Å². The average molecular weight is 280 g/mol. The van der Waals surface area contributed by atoms with Crippen molar-refractivity contribution in [1.29, 1.82) is 0 Å². The molecule has 2 heterocycles. The molecule has 0 radical (unpaired) electrons. The Morgan fingerprint density at radius 1 is 0.882 bits per heavy atom. The van der Waals surface area contributed by atoms with Crippen LogP contribution in [0.15, 0.2) is 0 Å². The van der Waals surface area contributed by atoms with Gasteiger partial charge in [0, 0.05) is 0 Å². The van der Waals surface area contributed by atoms with Gasteiger partial charge in [0.15, 0.2) is 0 Å². The van der Waals surface area contributed by atoms with Crippen molar-refractivity contribution < 1.29 is 0 Å². The summed E-state index contributed by atoms with van der Waals surface area (Å²) < 4.78 is 7.78. The molecular weight excluding hydrogens is 253 g/mol. The van der Waals surface area contributed by atoms with Crippen molar-refractivity contribution in [2.45, 2.75) is 39.5 Å². The van der Waals surface area contributed by atoms with Crippen LogP contribution >= 0.6 is 18.3 Å². The third-order valence-corrected chi connectivity index (χ3v) is 10.3. The Morgan fingerprint density at radius 2 is 1.24 bits per heavy atom. The summed E-state index contributed by atoms with van der Waals surface area (Å²) in [6.45, 7) is 11.5. The first-order valence-corrected chi connectivity index (χ1v) is 10.0. The Kier molecular flexibility index (Phi) is 5.08. The summed E-state index contributed by atoms with van der Waals surface area (Å²) in [7, 11) is -2.04. The minimum absolute atomic E-state index is 1.08. The second-order valence-corrected chi connectivity index (χ2v) is 9.64. The van der Waals surface area contributed by atoms with Crippen molar-refractivity contribution in [3.63, 3.8) is 0 Å². The molecule has 0 spiro atoms. The van der Waals surface area contributed by atoms with E-state index in [0.717, 1.165) is 13.1 Å². The van der Waals surface area contributed by atoms with E-state index in [1.165, 1.54) is 51.9 Å². The molecular formula is C12H27ClN3P. The van der Waals surface area contributed by atoms with Crippen LogP contribution in [0.25, 0.3) is 0 Å². The SMILES string of the molecule is CCN(CC)[PH](Cl)(N1CCCC1)N1CCCC1. The Morgan fingerprint density at radius 3 is 1.53 bits per heavy atom. The standard InChI is InChI=1S/C12H27ClN3P/c1-3-14(4-2)17(13,15-9-5-6-10-15)16-11-7-8-12-16/h17H,3-12H2,1-2H3. The zero-order valence-corrected chi connectivity index (χ0v) is 13.0. The molecule has 0 atom stereocenters. The van der Waals surface area contributed by atoms with Crippen LogP contribution in [0.1, 0.15) is 39.5 Å². The summed E-state index contributed by atoms with van der Waals surface area (Å²) in [4.78, 5) is 0. The van der Waals surface area contributed by atoms with Gasteiger partial charge in [-0.2, -0.15) is 0 Å². The number of hydrogen-bond acceptors (Lipinski definition) is 3. The zero-order chi connectivity index (χ0) is 12.3. The van der Waals surface area contributed by atoms with Gasteiger partial charge in [-0.05, 0) is 0 Å². The second kappa shape index (κ2) is 6.16. The Hall–Kier alpha value is 0.600. The Balaban J connectivity index is 2.19. The van der Waals surface area contributed by atoms with E-state index >= 15 is 0 Å². The van der Waals surface area contributed by atoms with Gasteiger partial charge in [-0.15, -0.1) is 0 Å². The number of rotatable bonds is 5. The predicted molar refractivity (Wildman–Crippen MR) is 78.7 cm³/mol. The van der Waals surface area contributed by atoms with Gasteiger partial charge < -0.3 is 0 Å². The van der Waals surface area contributed by atoms with Crippen LogP contribution in [0.3, 0.4) is 0 Å².